The molecule has 5 nitrogen and oxygen atoms in total. The van der Waals surface area contributed by atoms with Crippen LogP contribution in [0.5, 0.6) is 0 Å². The summed E-state index contributed by atoms with van der Waals surface area (Å²) in [4.78, 5) is -0.0477. The van der Waals surface area contributed by atoms with Crippen LogP contribution in [0.3, 0.4) is 0 Å². The molecule has 0 atom stereocenters. The Hall–Kier alpha value is -1.41. The number of nitrogens with one attached hydrogen (secondary N) is 2. The Morgan fingerprint density at radius 1 is 1.35 bits per heavy atom. The first-order chi connectivity index (χ1) is 7.99. The molecular weight excluding hydrogens is 313 g/mol. The molecule has 2 aromatic rings. The number of hydrogen-bond donors (Lipinski definition) is 2. The maximum atomic E-state index is 12.9. The van der Waals surface area contributed by atoms with Gasteiger partial charge in [-0.15, -0.1) is 0 Å². The second-order valence-corrected chi connectivity index (χ2v) is 5.66. The van der Waals surface area contributed by atoms with E-state index in [9.17, 15) is 12.8 Å². The van der Waals surface area contributed by atoms with Crippen LogP contribution in [-0.2, 0) is 10.0 Å². The summed E-state index contributed by atoms with van der Waals surface area (Å²) >= 11 is 3.00. The number of aromatic nitrogens is 2. The third kappa shape index (κ3) is 2.64. The minimum atomic E-state index is -3.77. The van der Waals surface area contributed by atoms with E-state index in [-0.39, 0.29) is 15.2 Å². The van der Waals surface area contributed by atoms with Crippen LogP contribution >= 0.6 is 15.9 Å². The number of nitrogens with zero attached hydrogens (tertiary/aromatic N) is 1. The molecule has 0 bridgehead atoms. The molecule has 0 saturated carbocycles. The second-order valence-electron chi connectivity index (χ2n) is 3.15. The van der Waals surface area contributed by atoms with Crippen molar-refractivity contribution in [2.45, 2.75) is 4.90 Å². The highest BCUT2D eigenvalue weighted by Gasteiger charge is 2.18. The molecule has 0 amide bonds. The van der Waals surface area contributed by atoms with Gasteiger partial charge in [-0.25, -0.2) is 12.8 Å². The molecule has 90 valence electrons. The van der Waals surface area contributed by atoms with Crippen molar-refractivity contribution in [3.63, 3.8) is 0 Å². The fourth-order valence-electron chi connectivity index (χ4n) is 1.21. The number of halogens is 2. The van der Waals surface area contributed by atoms with E-state index in [2.05, 4.69) is 30.8 Å². The van der Waals surface area contributed by atoms with Crippen molar-refractivity contribution in [1.29, 1.82) is 0 Å². The van der Waals surface area contributed by atoms with Gasteiger partial charge in [0.15, 0.2) is 0 Å². The summed E-state index contributed by atoms with van der Waals surface area (Å²) in [6.07, 6.45) is 1.41. The van der Waals surface area contributed by atoms with E-state index in [1.54, 1.807) is 0 Å². The monoisotopic (exact) mass is 319 g/mol. The first kappa shape index (κ1) is 12.1. The average Bonchev–Trinajstić information content (AvgIpc) is 2.68. The number of aromatic amines is 1. The molecule has 0 aliphatic rings. The maximum Gasteiger partial charge on any atom is 0.264 e. The highest BCUT2D eigenvalue weighted by atomic mass is 79.9. The van der Waals surface area contributed by atoms with Gasteiger partial charge in [-0.05, 0) is 34.1 Å². The quantitative estimate of drug-likeness (QED) is 0.909. The molecule has 0 saturated heterocycles. The highest BCUT2D eigenvalue weighted by molar-refractivity contribution is 9.10. The van der Waals surface area contributed by atoms with E-state index in [4.69, 9.17) is 0 Å². The first-order valence-electron chi connectivity index (χ1n) is 4.46. The zero-order chi connectivity index (χ0) is 12.5. The predicted octanol–water partition coefficient (Wildman–Crippen LogP) is 2.11. The Morgan fingerprint density at radius 3 is 2.71 bits per heavy atom. The number of H-pyrrole nitrogens is 1. The molecular formula is C9H7BrFN3O2S. The summed E-state index contributed by atoms with van der Waals surface area (Å²) in [6.45, 7) is 0. The maximum absolute atomic E-state index is 12.9. The smallest absolute Gasteiger partial charge is 0.264 e. The van der Waals surface area contributed by atoms with E-state index in [1.165, 1.54) is 18.3 Å². The molecule has 0 aliphatic heterocycles. The average molecular weight is 320 g/mol. The third-order valence-electron chi connectivity index (χ3n) is 1.93. The van der Waals surface area contributed by atoms with Crippen molar-refractivity contribution in [2.75, 3.05) is 4.72 Å². The number of benzene rings is 1. The van der Waals surface area contributed by atoms with Gasteiger partial charge in [0.25, 0.3) is 10.0 Å². The van der Waals surface area contributed by atoms with Crippen LogP contribution in [0, 0.1) is 5.82 Å². The van der Waals surface area contributed by atoms with Crippen LogP contribution < -0.4 is 4.72 Å². The molecule has 17 heavy (non-hydrogen) atoms. The van der Waals surface area contributed by atoms with Crippen LogP contribution in [0.25, 0.3) is 0 Å². The van der Waals surface area contributed by atoms with Gasteiger partial charge in [-0.2, -0.15) is 5.10 Å². The number of hydrogen-bond acceptors (Lipinski definition) is 3. The Kier molecular flexibility index (Phi) is 3.16. The molecule has 0 radical (unpaired) electrons. The highest BCUT2D eigenvalue weighted by Crippen LogP contribution is 2.24. The predicted molar refractivity (Wildman–Crippen MR) is 63.5 cm³/mol. The van der Waals surface area contributed by atoms with Crippen molar-refractivity contribution in [3.8, 4) is 0 Å². The lowest BCUT2D eigenvalue weighted by molar-refractivity contribution is 0.598. The lowest BCUT2D eigenvalue weighted by Gasteiger charge is -2.07. The summed E-state index contributed by atoms with van der Waals surface area (Å²) in [6, 6.07) is 4.81. The van der Waals surface area contributed by atoms with Crippen molar-refractivity contribution in [3.05, 3.63) is 40.8 Å². The molecule has 0 unspecified atom stereocenters. The molecule has 1 heterocycles. The SMILES string of the molecule is O=S(=O)(Nc1ccn[nH]1)c1ccc(F)cc1Br. The fourth-order valence-corrected chi connectivity index (χ4v) is 3.27. The molecule has 2 rings (SSSR count). The third-order valence-corrected chi connectivity index (χ3v) is 4.27. The standard InChI is InChI=1S/C9H7BrFN3O2S/c10-7-5-6(11)1-2-8(7)17(15,16)14-9-3-4-12-13-9/h1-5H,(H2,12,13,14). The number of anilines is 1. The molecule has 0 fully saturated rings. The molecule has 1 aromatic carbocycles. The molecule has 8 heteroatoms. The molecule has 0 aliphatic carbocycles. The van der Waals surface area contributed by atoms with Crippen molar-refractivity contribution < 1.29 is 12.8 Å². The van der Waals surface area contributed by atoms with E-state index in [0.717, 1.165) is 12.1 Å². The summed E-state index contributed by atoms with van der Waals surface area (Å²) in [5.41, 5.74) is 0. The van der Waals surface area contributed by atoms with Gasteiger partial charge < -0.3 is 0 Å². The molecule has 1 aromatic heterocycles. The lowest BCUT2D eigenvalue weighted by Crippen LogP contribution is -2.13. The normalized spacial score (nSPS) is 11.4. The summed E-state index contributed by atoms with van der Waals surface area (Å²) in [5, 5.41) is 6.08. The van der Waals surface area contributed by atoms with Crippen LogP contribution in [0.15, 0.2) is 39.8 Å². The van der Waals surface area contributed by atoms with Crippen LogP contribution in [-0.4, -0.2) is 18.6 Å². The lowest BCUT2D eigenvalue weighted by atomic mass is 10.3. The van der Waals surface area contributed by atoms with Crippen molar-refractivity contribution >= 4 is 31.8 Å². The van der Waals surface area contributed by atoms with E-state index >= 15 is 0 Å². The second kappa shape index (κ2) is 4.46. The van der Waals surface area contributed by atoms with E-state index in [1.807, 2.05) is 0 Å². The summed E-state index contributed by atoms with van der Waals surface area (Å²) in [5.74, 6) is -0.279. The zero-order valence-electron chi connectivity index (χ0n) is 8.31. The van der Waals surface area contributed by atoms with E-state index < -0.39 is 15.8 Å². The van der Waals surface area contributed by atoms with E-state index in [0.29, 0.717) is 0 Å². The van der Waals surface area contributed by atoms with Gasteiger partial charge >= 0.3 is 0 Å². The van der Waals surface area contributed by atoms with Gasteiger partial charge in [0.05, 0.1) is 6.20 Å². The first-order valence-corrected chi connectivity index (χ1v) is 6.74. The summed E-state index contributed by atoms with van der Waals surface area (Å²) < 4.78 is 39.1. The Morgan fingerprint density at radius 2 is 2.12 bits per heavy atom. The van der Waals surface area contributed by atoms with Gasteiger partial charge in [0.1, 0.15) is 16.5 Å². The van der Waals surface area contributed by atoms with Crippen LogP contribution in [0.1, 0.15) is 0 Å². The minimum absolute atomic E-state index is 0.0477. The van der Waals surface area contributed by atoms with Crippen LogP contribution in [0.2, 0.25) is 0 Å². The minimum Gasteiger partial charge on any atom is -0.264 e. The topological polar surface area (TPSA) is 74.8 Å². The largest absolute Gasteiger partial charge is 0.264 e. The Labute approximate surface area is 105 Å². The van der Waals surface area contributed by atoms with Crippen molar-refractivity contribution in [2.24, 2.45) is 0 Å². The number of rotatable bonds is 3. The van der Waals surface area contributed by atoms with Gasteiger partial charge in [-0.1, -0.05) is 0 Å². The van der Waals surface area contributed by atoms with Gasteiger partial charge in [-0.3, -0.25) is 9.82 Å². The molecule has 2 N–H and O–H groups in total. The Bertz CT molecular complexity index is 628. The number of sulfonamides is 1. The van der Waals surface area contributed by atoms with Gasteiger partial charge in [0, 0.05) is 10.5 Å². The summed E-state index contributed by atoms with van der Waals surface area (Å²) in [7, 11) is -3.77. The molecule has 0 spiro atoms. The Balaban J connectivity index is 2.38. The van der Waals surface area contributed by atoms with Crippen LogP contribution in [0.4, 0.5) is 10.2 Å². The van der Waals surface area contributed by atoms with Gasteiger partial charge in [0.2, 0.25) is 0 Å². The van der Waals surface area contributed by atoms with Crippen molar-refractivity contribution in [1.82, 2.24) is 10.2 Å². The fraction of sp³-hybridized carbons (Fsp3) is 0. The zero-order valence-corrected chi connectivity index (χ0v) is 10.7.